The number of nitrogens with one attached hydrogen (secondary N) is 2. The van der Waals surface area contributed by atoms with E-state index in [0.29, 0.717) is 0 Å². The van der Waals surface area contributed by atoms with Gasteiger partial charge in [0.05, 0.1) is 0 Å². The molecule has 1 aromatic heterocycles. The standard InChI is InChI=1S/C12H21N3S/c1-10-9-16-12(15-10)8-13-5-2-3-11-4-6-14-7-11/h9,11,13-14H,2-8H2,1H3. The Kier molecular flexibility index (Phi) is 4.75. The van der Waals surface area contributed by atoms with Crippen LogP contribution in [0.2, 0.25) is 0 Å². The van der Waals surface area contributed by atoms with E-state index in [4.69, 9.17) is 0 Å². The Morgan fingerprint density at radius 3 is 3.25 bits per heavy atom. The molecule has 2 N–H and O–H groups in total. The summed E-state index contributed by atoms with van der Waals surface area (Å²) >= 11 is 1.75. The highest BCUT2D eigenvalue weighted by molar-refractivity contribution is 7.09. The van der Waals surface area contributed by atoms with Gasteiger partial charge in [0.15, 0.2) is 0 Å². The highest BCUT2D eigenvalue weighted by Crippen LogP contribution is 2.13. The van der Waals surface area contributed by atoms with Crippen molar-refractivity contribution in [2.45, 2.75) is 32.7 Å². The van der Waals surface area contributed by atoms with Crippen molar-refractivity contribution < 1.29 is 0 Å². The molecule has 1 aromatic rings. The van der Waals surface area contributed by atoms with E-state index in [1.807, 2.05) is 6.92 Å². The van der Waals surface area contributed by atoms with Gasteiger partial charge in [0, 0.05) is 17.6 Å². The SMILES string of the molecule is Cc1csc(CNCCCC2CCNC2)n1. The summed E-state index contributed by atoms with van der Waals surface area (Å²) in [6.07, 6.45) is 4.01. The molecule has 4 heteroatoms. The van der Waals surface area contributed by atoms with Gasteiger partial charge >= 0.3 is 0 Å². The Morgan fingerprint density at radius 1 is 1.62 bits per heavy atom. The minimum Gasteiger partial charge on any atom is -0.316 e. The minimum atomic E-state index is 0.920. The molecule has 0 aromatic carbocycles. The van der Waals surface area contributed by atoms with Crippen molar-refractivity contribution in [2.75, 3.05) is 19.6 Å². The van der Waals surface area contributed by atoms with Crippen LogP contribution in [0.25, 0.3) is 0 Å². The first-order chi connectivity index (χ1) is 7.84. The van der Waals surface area contributed by atoms with E-state index in [0.717, 1.165) is 24.7 Å². The molecule has 1 aliphatic heterocycles. The summed E-state index contributed by atoms with van der Waals surface area (Å²) in [4.78, 5) is 4.43. The Labute approximate surface area is 102 Å². The van der Waals surface area contributed by atoms with Crippen molar-refractivity contribution in [2.24, 2.45) is 5.92 Å². The van der Waals surface area contributed by atoms with Gasteiger partial charge in [-0.25, -0.2) is 4.98 Å². The first-order valence-electron chi connectivity index (χ1n) is 6.17. The van der Waals surface area contributed by atoms with Crippen LogP contribution in [0, 0.1) is 12.8 Å². The van der Waals surface area contributed by atoms with Crippen LogP contribution < -0.4 is 10.6 Å². The molecule has 1 atom stereocenters. The topological polar surface area (TPSA) is 37.0 Å². The van der Waals surface area contributed by atoms with Crippen molar-refractivity contribution in [3.8, 4) is 0 Å². The Bertz CT molecular complexity index is 305. The fraction of sp³-hybridized carbons (Fsp3) is 0.750. The molecule has 1 fully saturated rings. The molecular formula is C12H21N3S. The molecule has 2 heterocycles. The van der Waals surface area contributed by atoms with E-state index in [1.165, 1.54) is 37.4 Å². The van der Waals surface area contributed by atoms with Gasteiger partial charge in [-0.15, -0.1) is 11.3 Å². The Morgan fingerprint density at radius 2 is 2.56 bits per heavy atom. The molecule has 1 saturated heterocycles. The number of thiazole rings is 1. The number of nitrogens with zero attached hydrogens (tertiary/aromatic N) is 1. The van der Waals surface area contributed by atoms with Crippen LogP contribution in [0.15, 0.2) is 5.38 Å². The summed E-state index contributed by atoms with van der Waals surface area (Å²) in [5.74, 6) is 0.920. The zero-order valence-corrected chi connectivity index (χ0v) is 10.8. The third-order valence-electron chi connectivity index (χ3n) is 3.07. The molecule has 3 nitrogen and oxygen atoms in total. The molecule has 0 amide bonds. The normalized spacial score (nSPS) is 20.4. The Balaban J connectivity index is 1.51. The molecule has 0 radical (unpaired) electrons. The van der Waals surface area contributed by atoms with Crippen molar-refractivity contribution in [3.05, 3.63) is 16.1 Å². The number of aromatic nitrogens is 1. The predicted molar refractivity (Wildman–Crippen MR) is 68.8 cm³/mol. The van der Waals surface area contributed by atoms with Crippen LogP contribution in [-0.2, 0) is 6.54 Å². The molecule has 1 unspecified atom stereocenters. The van der Waals surface area contributed by atoms with Gasteiger partial charge in [-0.3, -0.25) is 0 Å². The van der Waals surface area contributed by atoms with Crippen LogP contribution >= 0.6 is 11.3 Å². The maximum Gasteiger partial charge on any atom is 0.107 e. The second-order valence-electron chi connectivity index (χ2n) is 4.56. The van der Waals surface area contributed by atoms with Gasteiger partial charge in [-0.2, -0.15) is 0 Å². The lowest BCUT2D eigenvalue weighted by atomic mass is 10.0. The maximum absolute atomic E-state index is 4.43. The van der Waals surface area contributed by atoms with Crippen LogP contribution in [0.1, 0.15) is 30.0 Å². The van der Waals surface area contributed by atoms with Crippen LogP contribution in [0.5, 0.6) is 0 Å². The second-order valence-corrected chi connectivity index (χ2v) is 5.50. The molecule has 0 bridgehead atoms. The van der Waals surface area contributed by atoms with Crippen molar-refractivity contribution in [1.29, 1.82) is 0 Å². The van der Waals surface area contributed by atoms with E-state index in [9.17, 15) is 0 Å². The zero-order valence-electron chi connectivity index (χ0n) is 9.96. The first kappa shape index (κ1) is 12.0. The minimum absolute atomic E-state index is 0.920. The van der Waals surface area contributed by atoms with E-state index in [-0.39, 0.29) is 0 Å². The molecule has 16 heavy (non-hydrogen) atoms. The monoisotopic (exact) mass is 239 g/mol. The lowest BCUT2D eigenvalue weighted by Crippen LogP contribution is -2.16. The van der Waals surface area contributed by atoms with Gasteiger partial charge in [0.25, 0.3) is 0 Å². The average Bonchev–Trinajstić information content (AvgIpc) is 2.89. The smallest absolute Gasteiger partial charge is 0.107 e. The molecule has 0 saturated carbocycles. The third kappa shape index (κ3) is 3.85. The van der Waals surface area contributed by atoms with Crippen LogP contribution in [-0.4, -0.2) is 24.6 Å². The highest BCUT2D eigenvalue weighted by atomic mass is 32.1. The summed E-state index contributed by atoms with van der Waals surface area (Å²) in [6, 6.07) is 0. The van der Waals surface area contributed by atoms with Gasteiger partial charge in [0.1, 0.15) is 5.01 Å². The lowest BCUT2D eigenvalue weighted by molar-refractivity contribution is 0.492. The van der Waals surface area contributed by atoms with Crippen molar-refractivity contribution in [1.82, 2.24) is 15.6 Å². The fourth-order valence-electron chi connectivity index (χ4n) is 2.16. The molecule has 0 aliphatic carbocycles. The Hall–Kier alpha value is -0.450. The largest absolute Gasteiger partial charge is 0.316 e. The lowest BCUT2D eigenvalue weighted by Gasteiger charge is -2.07. The molecule has 2 rings (SSSR count). The van der Waals surface area contributed by atoms with Crippen LogP contribution in [0.3, 0.4) is 0 Å². The number of rotatable bonds is 6. The second kappa shape index (κ2) is 6.33. The molecular weight excluding hydrogens is 218 g/mol. The van der Waals surface area contributed by atoms with Crippen molar-refractivity contribution in [3.63, 3.8) is 0 Å². The number of hydrogen-bond donors (Lipinski definition) is 2. The molecule has 0 spiro atoms. The summed E-state index contributed by atoms with van der Waals surface area (Å²) in [5, 5.41) is 10.2. The number of aryl methyl sites for hydroxylation is 1. The molecule has 90 valence electrons. The highest BCUT2D eigenvalue weighted by Gasteiger charge is 2.13. The van der Waals surface area contributed by atoms with Crippen LogP contribution in [0.4, 0.5) is 0 Å². The summed E-state index contributed by atoms with van der Waals surface area (Å²) in [5.41, 5.74) is 1.14. The fourth-order valence-corrected chi connectivity index (χ4v) is 2.90. The van der Waals surface area contributed by atoms with Gasteiger partial charge in [-0.05, 0) is 51.7 Å². The van der Waals surface area contributed by atoms with Crippen molar-refractivity contribution >= 4 is 11.3 Å². The third-order valence-corrected chi connectivity index (χ3v) is 4.04. The van der Waals surface area contributed by atoms with E-state index < -0.39 is 0 Å². The average molecular weight is 239 g/mol. The van der Waals surface area contributed by atoms with Gasteiger partial charge in [-0.1, -0.05) is 0 Å². The number of hydrogen-bond acceptors (Lipinski definition) is 4. The van der Waals surface area contributed by atoms with Gasteiger partial charge in [0.2, 0.25) is 0 Å². The predicted octanol–water partition coefficient (Wildman–Crippen LogP) is 1.93. The van der Waals surface area contributed by atoms with Gasteiger partial charge < -0.3 is 10.6 Å². The zero-order chi connectivity index (χ0) is 11.2. The summed E-state index contributed by atoms with van der Waals surface area (Å²) < 4.78 is 0. The maximum atomic E-state index is 4.43. The van der Waals surface area contributed by atoms with E-state index in [2.05, 4.69) is 21.0 Å². The molecule has 1 aliphatic rings. The van der Waals surface area contributed by atoms with E-state index >= 15 is 0 Å². The van der Waals surface area contributed by atoms with E-state index in [1.54, 1.807) is 11.3 Å². The quantitative estimate of drug-likeness (QED) is 0.745. The summed E-state index contributed by atoms with van der Waals surface area (Å²) in [6.45, 7) is 6.55. The summed E-state index contributed by atoms with van der Waals surface area (Å²) in [7, 11) is 0. The first-order valence-corrected chi connectivity index (χ1v) is 7.05.